The van der Waals surface area contributed by atoms with Crippen LogP contribution in [0.15, 0.2) is 16.7 Å². The maximum Gasteiger partial charge on any atom is 0.343 e. The van der Waals surface area contributed by atoms with Crippen molar-refractivity contribution in [2.24, 2.45) is 5.10 Å². The predicted octanol–water partition coefficient (Wildman–Crippen LogP) is 1.65. The van der Waals surface area contributed by atoms with Crippen molar-refractivity contribution >= 4 is 24.4 Å². The Balaban J connectivity index is 3.49. The molecular weight excluding hydrogens is 350 g/mol. The zero-order chi connectivity index (χ0) is 19.1. The minimum Gasteiger partial charge on any atom is -0.506 e. The largest absolute Gasteiger partial charge is 0.506 e. The number of nitrogens with zero attached hydrogens (tertiary/aromatic N) is 2. The highest BCUT2D eigenvalue weighted by atomic mass is 19.2. The van der Waals surface area contributed by atoms with Crippen LogP contribution >= 0.6 is 0 Å². The van der Waals surface area contributed by atoms with Crippen molar-refractivity contribution in [3.05, 3.63) is 40.5 Å². The van der Waals surface area contributed by atoms with Gasteiger partial charge in [-0.2, -0.15) is 5.10 Å². The molecule has 136 valence electrons. The van der Waals surface area contributed by atoms with Crippen molar-refractivity contribution in [3.63, 3.8) is 0 Å². The molecule has 1 aromatic carbocycles. The second kappa shape index (κ2) is 8.66. The average molecular weight is 363 g/mol. The Morgan fingerprint density at radius 1 is 1.32 bits per heavy atom. The number of amides is 1. The molecule has 1 rings (SSSR count). The molecule has 0 saturated carbocycles. The number of halogens is 4. The maximum absolute atomic E-state index is 13.8. The number of ether oxygens (including phenoxy) is 1. The topological polar surface area (TPSA) is 91.2 Å². The molecule has 0 radical (unpaired) electrons. The molecule has 0 heterocycles. The van der Waals surface area contributed by atoms with Gasteiger partial charge in [-0.05, 0) is 13.0 Å². The Kier molecular flexibility index (Phi) is 6.91. The molecule has 0 spiro atoms. The molecule has 0 aliphatic heterocycles. The van der Waals surface area contributed by atoms with E-state index in [1.807, 2.05) is 5.43 Å². The Hall–Kier alpha value is -3.11. The second-order valence-corrected chi connectivity index (χ2v) is 4.35. The number of carbonyl (C=O) groups is 2. The van der Waals surface area contributed by atoms with Gasteiger partial charge in [0.2, 0.25) is 6.41 Å². The van der Waals surface area contributed by atoms with Crippen molar-refractivity contribution in [2.75, 3.05) is 13.7 Å². The summed E-state index contributed by atoms with van der Waals surface area (Å²) < 4.78 is 58.0. The van der Waals surface area contributed by atoms with E-state index in [1.165, 1.54) is 14.0 Å². The first-order valence-corrected chi connectivity index (χ1v) is 6.65. The summed E-state index contributed by atoms with van der Waals surface area (Å²) in [6.45, 7) is 1.29. The Morgan fingerprint density at radius 3 is 2.52 bits per heavy atom. The van der Waals surface area contributed by atoms with Gasteiger partial charge in [0.05, 0.1) is 18.4 Å². The summed E-state index contributed by atoms with van der Waals surface area (Å²) in [5, 5.41) is 14.4. The van der Waals surface area contributed by atoms with Crippen molar-refractivity contribution in [3.8, 4) is 0 Å². The summed E-state index contributed by atoms with van der Waals surface area (Å²) in [6, 6.07) is 0.170. The van der Waals surface area contributed by atoms with Crippen LogP contribution in [0.3, 0.4) is 0 Å². The minimum absolute atomic E-state index is 0.138. The second-order valence-electron chi connectivity index (χ2n) is 4.35. The average Bonchev–Trinajstić information content (AvgIpc) is 2.56. The first kappa shape index (κ1) is 19.9. The van der Waals surface area contributed by atoms with Crippen LogP contribution in [0, 0.1) is 23.3 Å². The highest BCUT2D eigenvalue weighted by molar-refractivity contribution is 6.15. The summed E-state index contributed by atoms with van der Waals surface area (Å²) in [6.07, 6.45) is 0.901. The molecule has 0 aromatic heterocycles. The maximum atomic E-state index is 13.8. The summed E-state index contributed by atoms with van der Waals surface area (Å²) in [7, 11) is 1.24. The van der Waals surface area contributed by atoms with E-state index in [0.717, 1.165) is 5.12 Å². The molecule has 7 nitrogen and oxygen atoms in total. The third-order valence-electron chi connectivity index (χ3n) is 2.71. The van der Waals surface area contributed by atoms with Gasteiger partial charge >= 0.3 is 5.97 Å². The van der Waals surface area contributed by atoms with Crippen LogP contribution in [0.2, 0.25) is 0 Å². The summed E-state index contributed by atoms with van der Waals surface area (Å²) in [4.78, 5) is 22.1. The highest BCUT2D eigenvalue weighted by Crippen LogP contribution is 2.25. The number of carbonyl (C=O) groups excluding carboxylic acids is 2. The third-order valence-corrected chi connectivity index (χ3v) is 2.71. The van der Waals surface area contributed by atoms with Gasteiger partial charge in [0.1, 0.15) is 11.3 Å². The van der Waals surface area contributed by atoms with Gasteiger partial charge in [0.15, 0.2) is 23.3 Å². The van der Waals surface area contributed by atoms with Crippen LogP contribution in [0.1, 0.15) is 12.5 Å². The number of rotatable bonds is 7. The van der Waals surface area contributed by atoms with E-state index in [-0.39, 0.29) is 19.1 Å². The zero-order valence-corrected chi connectivity index (χ0v) is 13.0. The molecule has 0 saturated heterocycles. The van der Waals surface area contributed by atoms with E-state index < -0.39 is 46.1 Å². The van der Waals surface area contributed by atoms with Gasteiger partial charge in [0, 0.05) is 7.05 Å². The fourth-order valence-corrected chi connectivity index (χ4v) is 1.56. The molecule has 1 amide bonds. The van der Waals surface area contributed by atoms with E-state index in [1.54, 1.807) is 0 Å². The summed E-state index contributed by atoms with van der Waals surface area (Å²) in [5.74, 6) is -10.4. The SMILES string of the molecule is CCOC(=O)C(C=NN(C)NC=O)=C(O)c1cc(F)c(F)c(F)c1F. The molecule has 0 aliphatic carbocycles. The minimum atomic E-state index is -2.17. The van der Waals surface area contributed by atoms with Crippen LogP contribution in [-0.4, -0.2) is 42.5 Å². The number of aliphatic hydroxyl groups is 1. The van der Waals surface area contributed by atoms with Crippen LogP contribution in [-0.2, 0) is 14.3 Å². The van der Waals surface area contributed by atoms with Crippen molar-refractivity contribution in [2.45, 2.75) is 6.92 Å². The lowest BCUT2D eigenvalue weighted by Crippen LogP contribution is -2.28. The van der Waals surface area contributed by atoms with Gasteiger partial charge in [-0.1, -0.05) is 0 Å². The number of esters is 1. The van der Waals surface area contributed by atoms with Gasteiger partial charge in [-0.3, -0.25) is 10.2 Å². The molecule has 1 aromatic rings. The van der Waals surface area contributed by atoms with Crippen LogP contribution in [0.25, 0.3) is 5.76 Å². The molecule has 0 bridgehead atoms. The first-order valence-electron chi connectivity index (χ1n) is 6.65. The third kappa shape index (κ3) is 4.68. The standard InChI is InChI=1S/C14H13F4N3O4/c1-3-25-14(24)8(5-19-21(2)20-6-22)13(23)7-4-9(15)11(17)12(18)10(7)16/h4-6,23H,3H2,1-2H3,(H,20,22). The zero-order valence-electron chi connectivity index (χ0n) is 13.0. The van der Waals surface area contributed by atoms with Crippen molar-refractivity contribution in [1.82, 2.24) is 10.5 Å². The first-order chi connectivity index (χ1) is 11.7. The molecule has 0 unspecified atom stereocenters. The van der Waals surface area contributed by atoms with Crippen molar-refractivity contribution < 1.29 is 37.0 Å². The quantitative estimate of drug-likeness (QED) is 0.0885. The smallest absolute Gasteiger partial charge is 0.343 e. The number of aliphatic hydroxyl groups excluding tert-OH is 1. The van der Waals surface area contributed by atoms with Gasteiger partial charge in [0.25, 0.3) is 0 Å². The van der Waals surface area contributed by atoms with Crippen molar-refractivity contribution in [1.29, 1.82) is 0 Å². The van der Waals surface area contributed by atoms with E-state index in [9.17, 15) is 32.3 Å². The van der Waals surface area contributed by atoms with Gasteiger partial charge < -0.3 is 9.84 Å². The number of hydrogen-bond donors (Lipinski definition) is 2. The molecular formula is C14H13F4N3O4. The lowest BCUT2D eigenvalue weighted by molar-refractivity contribution is -0.137. The van der Waals surface area contributed by atoms with Gasteiger partial charge in [-0.15, -0.1) is 0 Å². The Morgan fingerprint density at radius 2 is 1.96 bits per heavy atom. The normalized spacial score (nSPS) is 11.9. The molecule has 0 atom stereocenters. The molecule has 0 fully saturated rings. The molecule has 25 heavy (non-hydrogen) atoms. The molecule has 2 N–H and O–H groups in total. The molecule has 11 heteroatoms. The summed E-state index contributed by atoms with van der Waals surface area (Å²) >= 11 is 0. The Bertz CT molecular complexity index is 737. The number of nitrogens with one attached hydrogen (secondary N) is 1. The number of benzene rings is 1. The fraction of sp³-hybridized carbons (Fsp3) is 0.214. The highest BCUT2D eigenvalue weighted by Gasteiger charge is 2.25. The van der Waals surface area contributed by atoms with Crippen LogP contribution < -0.4 is 5.43 Å². The van der Waals surface area contributed by atoms with Crippen LogP contribution in [0.5, 0.6) is 0 Å². The fourth-order valence-electron chi connectivity index (χ4n) is 1.56. The number of hydrazone groups is 1. The Labute approximate surface area is 139 Å². The predicted molar refractivity (Wildman–Crippen MR) is 77.9 cm³/mol. The van der Waals surface area contributed by atoms with E-state index >= 15 is 0 Å². The van der Waals surface area contributed by atoms with E-state index in [2.05, 4.69) is 9.84 Å². The molecule has 0 aliphatic rings. The lowest BCUT2D eigenvalue weighted by atomic mass is 10.1. The van der Waals surface area contributed by atoms with E-state index in [4.69, 9.17) is 0 Å². The summed E-state index contributed by atoms with van der Waals surface area (Å²) in [5.41, 5.74) is 0.142. The van der Waals surface area contributed by atoms with E-state index in [0.29, 0.717) is 6.21 Å². The number of hydrazine groups is 1. The monoisotopic (exact) mass is 363 g/mol. The number of hydrogen-bond acceptors (Lipinski definition) is 6. The van der Waals surface area contributed by atoms with Crippen LogP contribution in [0.4, 0.5) is 17.6 Å². The lowest BCUT2D eigenvalue weighted by Gasteiger charge is -2.11. The van der Waals surface area contributed by atoms with Gasteiger partial charge in [-0.25, -0.2) is 27.5 Å².